The van der Waals surface area contributed by atoms with Gasteiger partial charge < -0.3 is 43.2 Å². The molecule has 1 N–H and O–H groups in total. The van der Waals surface area contributed by atoms with Gasteiger partial charge in [-0.1, -0.05) is 170 Å². The summed E-state index contributed by atoms with van der Waals surface area (Å²) in [6.07, 6.45) is 30.0. The lowest BCUT2D eigenvalue weighted by Crippen LogP contribution is -2.28. The van der Waals surface area contributed by atoms with E-state index in [0.29, 0.717) is 52.5 Å². The maximum Gasteiger partial charge on any atom is 0.305 e. The minimum absolute atomic E-state index is 0.120. The third kappa shape index (κ3) is 48.1. The molecular weight excluding hydrogens is 815 g/mol. The maximum atomic E-state index is 13.1. The molecule has 0 aliphatic heterocycles. The highest BCUT2D eigenvalue weighted by molar-refractivity contribution is 5.69. The summed E-state index contributed by atoms with van der Waals surface area (Å²) >= 11 is 0. The zero-order chi connectivity index (χ0) is 47.4. The Morgan fingerprint density at radius 1 is 0.453 bits per heavy atom. The van der Waals surface area contributed by atoms with Crippen molar-refractivity contribution in [1.82, 2.24) is 4.90 Å². The second kappa shape index (κ2) is 53.8. The van der Waals surface area contributed by atoms with E-state index >= 15 is 0 Å². The monoisotopic (exact) mass is 918 g/mol. The van der Waals surface area contributed by atoms with Gasteiger partial charge in [-0.15, -0.1) is 0 Å². The predicted molar refractivity (Wildman–Crippen MR) is 261 cm³/mol. The molecule has 0 radical (unpaired) electrons. The average Bonchev–Trinajstić information content (AvgIpc) is 3.30. The molecule has 0 aromatic carbocycles. The largest absolute Gasteiger partial charge is 0.483 e. The third-order valence-electron chi connectivity index (χ3n) is 11.3. The Balaban J connectivity index is 0. The van der Waals surface area contributed by atoms with Crippen LogP contribution in [0.1, 0.15) is 228 Å². The van der Waals surface area contributed by atoms with E-state index in [9.17, 15) is 9.59 Å². The minimum Gasteiger partial charge on any atom is -0.483 e. The number of rotatable bonds is 50. The SMILES string of the molecule is CCCCCCCCOC(CCC(=O)OCC(COCCCN(CC)CC)COC(=O)CCC(OCCCCCCCC)OCCCCCCCC)OCCCCCCCC.O=CO. The van der Waals surface area contributed by atoms with Crippen molar-refractivity contribution in [2.75, 3.05) is 72.5 Å². The molecule has 0 rings (SSSR count). The third-order valence-corrected chi connectivity index (χ3v) is 11.3. The number of nitrogens with zero attached hydrogens (tertiary/aromatic N) is 1. The van der Waals surface area contributed by atoms with Crippen molar-refractivity contribution in [2.45, 2.75) is 240 Å². The van der Waals surface area contributed by atoms with Gasteiger partial charge in [-0.25, -0.2) is 0 Å². The molecule has 0 saturated carbocycles. The normalized spacial score (nSPS) is 11.5. The molecule has 0 aromatic rings. The molecule has 0 saturated heterocycles. The molecule has 0 bridgehead atoms. The van der Waals surface area contributed by atoms with Crippen molar-refractivity contribution in [3.05, 3.63) is 0 Å². The van der Waals surface area contributed by atoms with Crippen molar-refractivity contribution in [3.8, 4) is 0 Å². The van der Waals surface area contributed by atoms with Crippen LogP contribution >= 0.6 is 0 Å². The summed E-state index contributed by atoms with van der Waals surface area (Å²) in [4.78, 5) is 36.9. The van der Waals surface area contributed by atoms with Gasteiger partial charge in [0.05, 0.1) is 38.6 Å². The number of unbranched alkanes of at least 4 members (excludes halogenated alkanes) is 20. The number of carboxylic acid groups (broad SMARTS) is 1. The number of hydrogen-bond donors (Lipinski definition) is 1. The summed E-state index contributed by atoms with van der Waals surface area (Å²) in [6, 6.07) is 0. The van der Waals surface area contributed by atoms with E-state index in [4.69, 9.17) is 43.1 Å². The summed E-state index contributed by atoms with van der Waals surface area (Å²) in [5.41, 5.74) is 0. The van der Waals surface area contributed by atoms with Crippen LogP contribution < -0.4 is 0 Å². The first kappa shape index (κ1) is 64.3. The molecule has 0 aliphatic carbocycles. The van der Waals surface area contributed by atoms with Crippen molar-refractivity contribution in [1.29, 1.82) is 0 Å². The fraction of sp³-hybridized carbons (Fsp3) is 0.942. The fourth-order valence-corrected chi connectivity index (χ4v) is 7.18. The Morgan fingerprint density at radius 2 is 0.766 bits per heavy atom. The van der Waals surface area contributed by atoms with Gasteiger partial charge in [0.25, 0.3) is 6.47 Å². The van der Waals surface area contributed by atoms with Gasteiger partial charge in [-0.2, -0.15) is 0 Å². The standard InChI is InChI=1S/C51H101NO9.CH2O2/c1-7-13-17-21-25-29-40-56-50(57-41-30-26-22-18-14-8-2)36-34-48(53)60-45-47(44-55-39-33-38-52(11-5)12-6)46-61-49(54)35-37-51(58-42-31-27-23-19-15-9-3)59-43-32-28-24-20-16-10-4;2-1-3/h47,50-51H,7-46H2,1-6H3;1H,(H,2,3). The van der Waals surface area contributed by atoms with Gasteiger partial charge in [-0.3, -0.25) is 14.4 Å². The highest BCUT2D eigenvalue weighted by Crippen LogP contribution is 2.15. The van der Waals surface area contributed by atoms with E-state index in [1.807, 2.05) is 0 Å². The Bertz CT molecular complexity index is 859. The highest BCUT2D eigenvalue weighted by Gasteiger charge is 2.19. The van der Waals surface area contributed by atoms with Crippen molar-refractivity contribution in [3.63, 3.8) is 0 Å². The van der Waals surface area contributed by atoms with E-state index in [2.05, 4.69) is 46.4 Å². The van der Waals surface area contributed by atoms with Crippen LogP contribution in [0.4, 0.5) is 0 Å². The second-order valence-corrected chi connectivity index (χ2v) is 17.3. The van der Waals surface area contributed by atoms with Crippen LogP contribution in [0.15, 0.2) is 0 Å². The Morgan fingerprint density at radius 3 is 1.08 bits per heavy atom. The summed E-state index contributed by atoms with van der Waals surface area (Å²) in [6.45, 7) is 19.7. The molecule has 0 atom stereocenters. The van der Waals surface area contributed by atoms with Crippen LogP contribution in [0.2, 0.25) is 0 Å². The Kier molecular flexibility index (Phi) is 54.0. The van der Waals surface area contributed by atoms with Crippen LogP contribution in [-0.4, -0.2) is 113 Å². The van der Waals surface area contributed by atoms with Gasteiger partial charge >= 0.3 is 11.9 Å². The van der Waals surface area contributed by atoms with Crippen molar-refractivity contribution >= 4 is 18.4 Å². The summed E-state index contributed by atoms with van der Waals surface area (Å²) in [5, 5.41) is 6.89. The van der Waals surface area contributed by atoms with Crippen LogP contribution in [0.5, 0.6) is 0 Å². The van der Waals surface area contributed by atoms with Crippen molar-refractivity contribution in [2.24, 2.45) is 5.92 Å². The van der Waals surface area contributed by atoms with Crippen LogP contribution in [-0.2, 0) is 47.5 Å². The smallest absolute Gasteiger partial charge is 0.305 e. The minimum atomic E-state index is -0.418. The van der Waals surface area contributed by atoms with Gasteiger partial charge in [0.15, 0.2) is 12.6 Å². The number of carbonyl (C=O) groups excluding carboxylic acids is 2. The van der Waals surface area contributed by atoms with E-state index in [1.165, 1.54) is 103 Å². The van der Waals surface area contributed by atoms with Gasteiger partial charge in [0, 0.05) is 52.4 Å². The lowest BCUT2D eigenvalue weighted by molar-refractivity contribution is -0.163. The van der Waals surface area contributed by atoms with E-state index < -0.39 is 12.6 Å². The second-order valence-electron chi connectivity index (χ2n) is 17.3. The summed E-state index contributed by atoms with van der Waals surface area (Å²) in [5.74, 6) is -0.877. The van der Waals surface area contributed by atoms with Crippen LogP contribution in [0.3, 0.4) is 0 Å². The molecule has 12 heteroatoms. The Hall–Kier alpha value is -1.83. The molecule has 0 aliphatic rings. The molecule has 0 heterocycles. The van der Waals surface area contributed by atoms with Gasteiger partial charge in [-0.05, 0) is 45.2 Å². The van der Waals surface area contributed by atoms with E-state index in [0.717, 1.165) is 77.4 Å². The van der Waals surface area contributed by atoms with Crippen LogP contribution in [0.25, 0.3) is 0 Å². The number of hydrogen-bond acceptors (Lipinski definition) is 11. The molecule has 0 spiro atoms. The molecule has 12 nitrogen and oxygen atoms in total. The Labute approximate surface area is 393 Å². The quantitative estimate of drug-likeness (QED) is 0.0269. The summed E-state index contributed by atoms with van der Waals surface area (Å²) in [7, 11) is 0. The molecule has 64 heavy (non-hydrogen) atoms. The first-order valence-corrected chi connectivity index (χ1v) is 26.5. The zero-order valence-corrected chi connectivity index (χ0v) is 42.6. The van der Waals surface area contributed by atoms with E-state index in [-0.39, 0.29) is 50.4 Å². The van der Waals surface area contributed by atoms with Crippen LogP contribution in [0, 0.1) is 5.92 Å². The molecular formula is C52H103NO11. The molecule has 382 valence electrons. The highest BCUT2D eigenvalue weighted by atomic mass is 16.7. The molecule has 0 unspecified atom stereocenters. The topological polar surface area (TPSA) is 139 Å². The lowest BCUT2D eigenvalue weighted by Gasteiger charge is -2.21. The number of carbonyl (C=O) groups is 3. The first-order chi connectivity index (χ1) is 31.3. The predicted octanol–water partition coefficient (Wildman–Crippen LogP) is 12.9. The number of ether oxygens (including phenoxy) is 7. The molecule has 0 aromatic heterocycles. The number of esters is 2. The molecule has 0 amide bonds. The zero-order valence-electron chi connectivity index (χ0n) is 42.6. The maximum absolute atomic E-state index is 13.1. The molecule has 0 fully saturated rings. The lowest BCUT2D eigenvalue weighted by atomic mass is 10.1. The average molecular weight is 918 g/mol. The summed E-state index contributed by atoms with van der Waals surface area (Å²) < 4.78 is 42.2. The van der Waals surface area contributed by atoms with Gasteiger partial charge in [0.1, 0.15) is 0 Å². The fourth-order valence-electron chi connectivity index (χ4n) is 7.18. The van der Waals surface area contributed by atoms with Crippen molar-refractivity contribution < 1.29 is 52.6 Å². The van der Waals surface area contributed by atoms with Gasteiger partial charge in [0.2, 0.25) is 0 Å². The first-order valence-electron chi connectivity index (χ1n) is 26.5. The van der Waals surface area contributed by atoms with E-state index in [1.54, 1.807) is 0 Å².